The van der Waals surface area contributed by atoms with E-state index in [0.29, 0.717) is 0 Å². The normalized spacial score (nSPS) is 16.4. The van der Waals surface area contributed by atoms with Crippen LogP contribution in [0.5, 0.6) is 0 Å². The number of amides is 1. The molecule has 0 aromatic carbocycles. The number of carbonyl (C=O) groups excluding carboxylic acids is 1. The average Bonchev–Trinajstić information content (AvgIpc) is 2.25. The van der Waals surface area contributed by atoms with Gasteiger partial charge in [0, 0.05) is 0 Å². The summed E-state index contributed by atoms with van der Waals surface area (Å²) in [5.41, 5.74) is 5.26. The second-order valence-corrected chi connectivity index (χ2v) is 4.32. The third kappa shape index (κ3) is 5.62. The predicted molar refractivity (Wildman–Crippen MR) is 60.1 cm³/mol. The lowest BCUT2D eigenvalue weighted by Gasteiger charge is -2.20. The summed E-state index contributed by atoms with van der Waals surface area (Å²) >= 11 is 0. The number of hydrogen-bond acceptors (Lipinski definition) is 5. The fourth-order valence-electron chi connectivity index (χ4n) is 1.24. The zero-order chi connectivity index (χ0) is 13.6. The van der Waals surface area contributed by atoms with E-state index in [0.717, 1.165) is 0 Å². The maximum absolute atomic E-state index is 11.4. The molecule has 0 rings (SSSR count). The highest BCUT2D eigenvalue weighted by Crippen LogP contribution is 2.05. The number of rotatable bonds is 7. The fourth-order valence-corrected chi connectivity index (χ4v) is 1.24. The Bertz CT molecular complexity index is 269. The lowest BCUT2D eigenvalue weighted by molar-refractivity contribution is -0.144. The molecule has 0 bridgehead atoms. The fraction of sp³-hybridized carbons (Fsp3) is 0.800. The van der Waals surface area contributed by atoms with Crippen LogP contribution in [-0.4, -0.2) is 52.0 Å². The minimum absolute atomic E-state index is 0.0834. The van der Waals surface area contributed by atoms with Crippen LogP contribution in [0.2, 0.25) is 0 Å². The Morgan fingerprint density at radius 2 is 1.88 bits per heavy atom. The van der Waals surface area contributed by atoms with Gasteiger partial charge in [0.25, 0.3) is 5.91 Å². The van der Waals surface area contributed by atoms with Crippen molar-refractivity contribution in [3.05, 3.63) is 0 Å². The molecular formula is C10H20N2O5. The van der Waals surface area contributed by atoms with E-state index in [2.05, 4.69) is 5.32 Å². The van der Waals surface area contributed by atoms with Crippen LogP contribution in [-0.2, 0) is 9.59 Å². The van der Waals surface area contributed by atoms with E-state index in [9.17, 15) is 14.7 Å². The number of carbonyl (C=O) groups is 2. The number of carboxylic acids is 1. The van der Waals surface area contributed by atoms with Crippen molar-refractivity contribution in [2.45, 2.75) is 38.5 Å². The Morgan fingerprint density at radius 1 is 1.35 bits per heavy atom. The summed E-state index contributed by atoms with van der Waals surface area (Å²) in [4.78, 5) is 22.3. The monoisotopic (exact) mass is 248 g/mol. The van der Waals surface area contributed by atoms with Crippen molar-refractivity contribution in [2.24, 2.45) is 11.7 Å². The van der Waals surface area contributed by atoms with Gasteiger partial charge >= 0.3 is 5.97 Å². The summed E-state index contributed by atoms with van der Waals surface area (Å²) < 4.78 is 0. The van der Waals surface area contributed by atoms with Crippen LogP contribution in [0.3, 0.4) is 0 Å². The van der Waals surface area contributed by atoms with Crippen molar-refractivity contribution in [1.29, 1.82) is 0 Å². The second-order valence-electron chi connectivity index (χ2n) is 4.32. The molecule has 0 spiro atoms. The molecule has 0 aromatic heterocycles. The van der Waals surface area contributed by atoms with Crippen LogP contribution in [0, 0.1) is 5.92 Å². The molecule has 0 aliphatic heterocycles. The van der Waals surface area contributed by atoms with Crippen LogP contribution < -0.4 is 11.1 Å². The molecular weight excluding hydrogens is 228 g/mol. The van der Waals surface area contributed by atoms with Crippen LogP contribution in [0.15, 0.2) is 0 Å². The molecule has 0 saturated heterocycles. The van der Waals surface area contributed by atoms with E-state index in [1.54, 1.807) is 0 Å². The summed E-state index contributed by atoms with van der Waals surface area (Å²) in [5, 5.41) is 29.1. The van der Waals surface area contributed by atoms with Gasteiger partial charge in [-0.3, -0.25) is 4.79 Å². The molecule has 0 aliphatic carbocycles. The molecule has 0 radical (unpaired) electrons. The molecule has 1 amide bonds. The summed E-state index contributed by atoms with van der Waals surface area (Å²) in [6.45, 7) is 3.08. The van der Waals surface area contributed by atoms with E-state index in [1.807, 2.05) is 13.8 Å². The zero-order valence-corrected chi connectivity index (χ0v) is 9.96. The maximum atomic E-state index is 11.4. The number of hydrogen-bond donors (Lipinski definition) is 5. The van der Waals surface area contributed by atoms with E-state index in [4.69, 9.17) is 15.9 Å². The lowest BCUT2D eigenvalue weighted by Crippen LogP contribution is -2.52. The Morgan fingerprint density at radius 3 is 2.24 bits per heavy atom. The minimum Gasteiger partial charge on any atom is -0.480 e. The van der Waals surface area contributed by atoms with Crippen molar-refractivity contribution in [2.75, 3.05) is 6.61 Å². The highest BCUT2D eigenvalue weighted by Gasteiger charge is 2.27. The van der Waals surface area contributed by atoms with E-state index in [-0.39, 0.29) is 12.3 Å². The first-order chi connectivity index (χ1) is 7.79. The van der Waals surface area contributed by atoms with Gasteiger partial charge in [-0.25, -0.2) is 4.79 Å². The van der Waals surface area contributed by atoms with Gasteiger partial charge in [0.2, 0.25) is 0 Å². The largest absolute Gasteiger partial charge is 0.480 e. The van der Waals surface area contributed by atoms with Gasteiger partial charge in [-0.15, -0.1) is 0 Å². The topological polar surface area (TPSA) is 133 Å². The van der Waals surface area contributed by atoms with Crippen molar-refractivity contribution in [1.82, 2.24) is 5.32 Å². The quantitative estimate of drug-likeness (QED) is 0.364. The first-order valence-corrected chi connectivity index (χ1v) is 5.37. The molecule has 0 saturated carbocycles. The van der Waals surface area contributed by atoms with Gasteiger partial charge in [-0.05, 0) is 12.3 Å². The Labute approximate surface area is 99.6 Å². The van der Waals surface area contributed by atoms with Crippen LogP contribution in [0.25, 0.3) is 0 Å². The van der Waals surface area contributed by atoms with Gasteiger partial charge in [0.1, 0.15) is 12.1 Å². The first kappa shape index (κ1) is 15.8. The van der Waals surface area contributed by atoms with Crippen LogP contribution in [0.4, 0.5) is 0 Å². The third-order valence-corrected chi connectivity index (χ3v) is 2.21. The second kappa shape index (κ2) is 7.21. The molecule has 0 fully saturated rings. The summed E-state index contributed by atoms with van der Waals surface area (Å²) in [6, 6.07) is -2.19. The van der Waals surface area contributed by atoms with Crippen LogP contribution in [0.1, 0.15) is 20.3 Å². The number of nitrogens with one attached hydrogen (secondary N) is 1. The molecule has 7 heteroatoms. The summed E-state index contributed by atoms with van der Waals surface area (Å²) in [6.07, 6.45) is -1.36. The van der Waals surface area contributed by atoms with E-state index < -0.39 is 36.7 Å². The molecule has 17 heavy (non-hydrogen) atoms. The van der Waals surface area contributed by atoms with Gasteiger partial charge in [-0.2, -0.15) is 0 Å². The molecule has 0 heterocycles. The maximum Gasteiger partial charge on any atom is 0.326 e. The van der Waals surface area contributed by atoms with Gasteiger partial charge in [0.15, 0.2) is 0 Å². The minimum atomic E-state index is -1.62. The zero-order valence-electron chi connectivity index (χ0n) is 9.96. The Balaban J connectivity index is 4.45. The average molecular weight is 248 g/mol. The summed E-state index contributed by atoms with van der Waals surface area (Å²) in [5.74, 6) is -1.98. The summed E-state index contributed by atoms with van der Waals surface area (Å²) in [7, 11) is 0. The van der Waals surface area contributed by atoms with Gasteiger partial charge < -0.3 is 26.4 Å². The van der Waals surface area contributed by atoms with Gasteiger partial charge in [-0.1, -0.05) is 13.8 Å². The standard InChI is InChI=1S/C10H20N2O5/c1-5(2)3-7(10(16)17)12-9(15)8(14)6(11)4-13/h5-8,13-14H,3-4,11H2,1-2H3,(H,12,15)(H,16,17)/t6?,7-,8?/m0/s1. The molecule has 0 aliphatic rings. The number of nitrogens with two attached hydrogens (primary N) is 1. The molecule has 0 aromatic rings. The Kier molecular flexibility index (Phi) is 6.71. The van der Waals surface area contributed by atoms with Crippen molar-refractivity contribution in [3.63, 3.8) is 0 Å². The predicted octanol–water partition coefficient (Wildman–Crippen LogP) is -1.72. The number of aliphatic hydroxyl groups is 2. The first-order valence-electron chi connectivity index (χ1n) is 5.37. The van der Waals surface area contributed by atoms with Gasteiger partial charge in [0.05, 0.1) is 12.6 Å². The Hall–Kier alpha value is -1.18. The molecule has 3 atom stereocenters. The van der Waals surface area contributed by atoms with Crippen LogP contribution >= 0.6 is 0 Å². The number of aliphatic carboxylic acids is 1. The van der Waals surface area contributed by atoms with Crippen molar-refractivity contribution >= 4 is 11.9 Å². The third-order valence-electron chi connectivity index (χ3n) is 2.21. The van der Waals surface area contributed by atoms with E-state index >= 15 is 0 Å². The van der Waals surface area contributed by atoms with E-state index in [1.165, 1.54) is 0 Å². The van der Waals surface area contributed by atoms with Crippen molar-refractivity contribution in [3.8, 4) is 0 Å². The molecule has 6 N–H and O–H groups in total. The molecule has 7 nitrogen and oxygen atoms in total. The lowest BCUT2D eigenvalue weighted by atomic mass is 10.0. The highest BCUT2D eigenvalue weighted by molar-refractivity contribution is 5.86. The molecule has 100 valence electrons. The molecule has 2 unspecified atom stereocenters. The highest BCUT2D eigenvalue weighted by atomic mass is 16.4. The van der Waals surface area contributed by atoms with Crippen molar-refractivity contribution < 1.29 is 24.9 Å². The number of carboxylic acid groups (broad SMARTS) is 1. The number of aliphatic hydroxyl groups excluding tert-OH is 2. The smallest absolute Gasteiger partial charge is 0.326 e. The SMILES string of the molecule is CC(C)C[C@H](NC(=O)C(O)C(N)CO)C(=O)O.